The van der Waals surface area contributed by atoms with Gasteiger partial charge in [-0.25, -0.2) is 0 Å². The zero-order chi connectivity index (χ0) is 13.0. The van der Waals surface area contributed by atoms with Gasteiger partial charge in [-0.15, -0.1) is 11.6 Å². The molecule has 1 amide bonds. The largest absolute Gasteiger partial charge is 0.497 e. The second-order valence-electron chi connectivity index (χ2n) is 3.33. The van der Waals surface area contributed by atoms with E-state index in [-0.39, 0.29) is 12.1 Å². The number of primary amides is 1. The lowest BCUT2D eigenvalue weighted by atomic mass is 10.1. The van der Waals surface area contributed by atoms with Crippen molar-refractivity contribution in [1.82, 2.24) is 0 Å². The van der Waals surface area contributed by atoms with Crippen LogP contribution in [0.2, 0.25) is 0 Å². The molecule has 1 unspecified atom stereocenters. The Hall–Kier alpha value is -1.82. The molecule has 0 aliphatic rings. The smallest absolute Gasteiger partial charge is 0.276 e. The minimum Gasteiger partial charge on any atom is -0.497 e. The maximum atomic E-state index is 10.8. The van der Waals surface area contributed by atoms with Gasteiger partial charge in [-0.1, -0.05) is 0 Å². The molecule has 1 aromatic carbocycles. The van der Waals surface area contributed by atoms with Crippen LogP contribution in [0.4, 0.5) is 5.69 Å². The summed E-state index contributed by atoms with van der Waals surface area (Å²) in [6.07, 6.45) is 0.0111. The third-order valence-electron chi connectivity index (χ3n) is 2.20. The van der Waals surface area contributed by atoms with Gasteiger partial charge in [0.25, 0.3) is 5.69 Å². The highest BCUT2D eigenvalue weighted by atomic mass is 35.5. The topological polar surface area (TPSA) is 95.5 Å². The van der Waals surface area contributed by atoms with Gasteiger partial charge in [-0.2, -0.15) is 0 Å². The van der Waals surface area contributed by atoms with Gasteiger partial charge in [0.1, 0.15) is 11.1 Å². The number of halogens is 1. The lowest BCUT2D eigenvalue weighted by molar-refractivity contribution is -0.385. The van der Waals surface area contributed by atoms with E-state index in [0.29, 0.717) is 11.3 Å². The molecule has 0 saturated carbocycles. The van der Waals surface area contributed by atoms with Gasteiger partial charge in [0, 0.05) is 12.0 Å². The summed E-state index contributed by atoms with van der Waals surface area (Å²) in [5, 5.41) is 9.86. The summed E-state index contributed by atoms with van der Waals surface area (Å²) in [6.45, 7) is 0. The third-order valence-corrected chi connectivity index (χ3v) is 2.57. The predicted molar refractivity (Wildman–Crippen MR) is 62.2 cm³/mol. The number of ether oxygens (including phenoxy) is 1. The first-order valence-electron chi connectivity index (χ1n) is 4.70. The first kappa shape index (κ1) is 13.2. The molecule has 6 nitrogen and oxygen atoms in total. The number of alkyl halides is 1. The number of carbonyl (C=O) groups excluding carboxylic acids is 1. The van der Waals surface area contributed by atoms with Crippen LogP contribution < -0.4 is 10.5 Å². The Morgan fingerprint density at radius 1 is 1.65 bits per heavy atom. The number of nitro groups is 1. The second kappa shape index (κ2) is 5.49. The van der Waals surface area contributed by atoms with Crippen molar-refractivity contribution >= 4 is 23.2 Å². The van der Waals surface area contributed by atoms with Crippen LogP contribution in [-0.4, -0.2) is 23.3 Å². The number of hydrogen-bond donors (Lipinski definition) is 1. The summed E-state index contributed by atoms with van der Waals surface area (Å²) < 4.78 is 4.88. The van der Waals surface area contributed by atoms with E-state index < -0.39 is 16.2 Å². The number of benzene rings is 1. The predicted octanol–water partition coefficient (Wildman–Crippen LogP) is 1.24. The van der Waals surface area contributed by atoms with Crippen molar-refractivity contribution in [2.24, 2.45) is 5.73 Å². The number of nitrogens with two attached hydrogens (primary N) is 1. The van der Waals surface area contributed by atoms with Gasteiger partial charge in [0.2, 0.25) is 5.91 Å². The summed E-state index contributed by atoms with van der Waals surface area (Å²) in [6, 6.07) is 4.34. The molecule has 0 aromatic heterocycles. The van der Waals surface area contributed by atoms with Crippen LogP contribution in [-0.2, 0) is 11.2 Å². The molecule has 1 rings (SSSR count). The molecule has 17 heavy (non-hydrogen) atoms. The van der Waals surface area contributed by atoms with Gasteiger partial charge in [0.05, 0.1) is 18.1 Å². The lowest BCUT2D eigenvalue weighted by Gasteiger charge is -2.07. The molecule has 7 heteroatoms. The van der Waals surface area contributed by atoms with E-state index >= 15 is 0 Å². The Labute approximate surface area is 102 Å². The molecule has 92 valence electrons. The molecule has 1 aromatic rings. The molecule has 0 aliphatic heterocycles. The zero-order valence-corrected chi connectivity index (χ0v) is 9.81. The van der Waals surface area contributed by atoms with Crippen LogP contribution in [0.15, 0.2) is 18.2 Å². The van der Waals surface area contributed by atoms with E-state index in [2.05, 4.69) is 0 Å². The molecule has 0 radical (unpaired) electrons. The van der Waals surface area contributed by atoms with Crippen LogP contribution in [0.3, 0.4) is 0 Å². The first-order valence-corrected chi connectivity index (χ1v) is 5.14. The molecule has 0 spiro atoms. The van der Waals surface area contributed by atoms with Crippen molar-refractivity contribution in [2.75, 3.05) is 7.11 Å². The maximum absolute atomic E-state index is 10.8. The molecule has 1 atom stereocenters. The number of nitro benzene ring substituents is 1. The summed E-state index contributed by atoms with van der Waals surface area (Å²) in [5.41, 5.74) is 5.20. The average Bonchev–Trinajstić information content (AvgIpc) is 2.29. The Morgan fingerprint density at radius 2 is 2.29 bits per heavy atom. The van der Waals surface area contributed by atoms with E-state index in [9.17, 15) is 14.9 Å². The van der Waals surface area contributed by atoms with Crippen molar-refractivity contribution in [3.8, 4) is 5.75 Å². The number of carbonyl (C=O) groups is 1. The van der Waals surface area contributed by atoms with E-state index in [1.165, 1.54) is 19.2 Å². The summed E-state index contributed by atoms with van der Waals surface area (Å²) in [7, 11) is 1.41. The van der Waals surface area contributed by atoms with Gasteiger partial charge >= 0.3 is 0 Å². The van der Waals surface area contributed by atoms with E-state index in [0.717, 1.165) is 0 Å². The quantitative estimate of drug-likeness (QED) is 0.488. The monoisotopic (exact) mass is 258 g/mol. The highest BCUT2D eigenvalue weighted by Gasteiger charge is 2.20. The summed E-state index contributed by atoms with van der Waals surface area (Å²) >= 11 is 5.67. The standard InChI is InChI=1S/C10H11ClN2O4/c1-17-7-3-2-6(4-8(11)10(12)14)9(5-7)13(15)16/h2-3,5,8H,4H2,1H3,(H2,12,14). The number of amides is 1. The molecule has 0 aliphatic carbocycles. The van der Waals surface area contributed by atoms with Crippen molar-refractivity contribution < 1.29 is 14.5 Å². The third kappa shape index (κ3) is 3.32. The first-order chi connectivity index (χ1) is 7.95. The molecular weight excluding hydrogens is 248 g/mol. The van der Waals surface area contributed by atoms with Gasteiger partial charge in [-0.05, 0) is 12.1 Å². The average molecular weight is 259 g/mol. The molecule has 0 bridgehead atoms. The van der Waals surface area contributed by atoms with Crippen LogP contribution >= 0.6 is 11.6 Å². The van der Waals surface area contributed by atoms with Crippen molar-refractivity contribution in [2.45, 2.75) is 11.8 Å². The summed E-state index contributed by atoms with van der Waals surface area (Å²) in [4.78, 5) is 21.1. The second-order valence-corrected chi connectivity index (χ2v) is 3.85. The Kier molecular flexibility index (Phi) is 4.28. The number of rotatable bonds is 5. The fourth-order valence-electron chi connectivity index (χ4n) is 1.31. The molecule has 0 fully saturated rings. The Balaban J connectivity index is 3.06. The number of hydrogen-bond acceptors (Lipinski definition) is 4. The van der Waals surface area contributed by atoms with Crippen molar-refractivity contribution in [3.05, 3.63) is 33.9 Å². The normalized spacial score (nSPS) is 11.9. The molecule has 0 saturated heterocycles. The fraction of sp³-hybridized carbons (Fsp3) is 0.300. The number of nitrogens with zero attached hydrogens (tertiary/aromatic N) is 1. The minimum absolute atomic E-state index is 0.0111. The zero-order valence-electron chi connectivity index (χ0n) is 9.05. The summed E-state index contributed by atoms with van der Waals surface area (Å²) in [5.74, 6) is -0.345. The van der Waals surface area contributed by atoms with Crippen LogP contribution in [0, 0.1) is 10.1 Å². The van der Waals surface area contributed by atoms with Gasteiger partial charge in [-0.3, -0.25) is 14.9 Å². The van der Waals surface area contributed by atoms with E-state index in [4.69, 9.17) is 22.1 Å². The van der Waals surface area contributed by atoms with E-state index in [1.54, 1.807) is 6.07 Å². The molecule has 2 N–H and O–H groups in total. The highest BCUT2D eigenvalue weighted by Crippen LogP contribution is 2.26. The maximum Gasteiger partial charge on any atom is 0.276 e. The van der Waals surface area contributed by atoms with Crippen molar-refractivity contribution in [1.29, 1.82) is 0 Å². The Bertz CT molecular complexity index is 450. The fourth-order valence-corrected chi connectivity index (χ4v) is 1.47. The SMILES string of the molecule is COc1ccc(CC(Cl)C(N)=O)c([N+](=O)[O-])c1. The molecule has 0 heterocycles. The van der Waals surface area contributed by atoms with Crippen LogP contribution in [0.5, 0.6) is 5.75 Å². The lowest BCUT2D eigenvalue weighted by Crippen LogP contribution is -2.25. The van der Waals surface area contributed by atoms with Gasteiger partial charge < -0.3 is 10.5 Å². The van der Waals surface area contributed by atoms with Gasteiger partial charge in [0.15, 0.2) is 0 Å². The number of methoxy groups -OCH3 is 1. The van der Waals surface area contributed by atoms with Crippen LogP contribution in [0.25, 0.3) is 0 Å². The minimum atomic E-state index is -0.970. The Morgan fingerprint density at radius 3 is 2.76 bits per heavy atom. The van der Waals surface area contributed by atoms with Crippen LogP contribution in [0.1, 0.15) is 5.56 Å². The highest BCUT2D eigenvalue weighted by molar-refractivity contribution is 6.30. The van der Waals surface area contributed by atoms with E-state index in [1.807, 2.05) is 0 Å². The molecular formula is C10H11ClN2O4. The van der Waals surface area contributed by atoms with Crippen molar-refractivity contribution in [3.63, 3.8) is 0 Å².